The third-order valence-electron chi connectivity index (χ3n) is 2.87. The van der Waals surface area contributed by atoms with E-state index in [1.54, 1.807) is 11.8 Å². The van der Waals surface area contributed by atoms with Crippen LogP contribution in [0, 0.1) is 13.8 Å². The molecule has 1 amide bonds. The highest BCUT2D eigenvalue weighted by Crippen LogP contribution is 2.10. The Labute approximate surface area is 138 Å². The molecule has 0 aromatic carbocycles. The molecule has 124 valence electrons. The Kier molecular flexibility index (Phi) is 12.6. The summed E-state index contributed by atoms with van der Waals surface area (Å²) < 4.78 is 6.67. The summed E-state index contributed by atoms with van der Waals surface area (Å²) in [6.45, 7) is 8.54. The highest BCUT2D eigenvalue weighted by atomic mass is 35.5. The van der Waals surface area contributed by atoms with Gasteiger partial charge in [0.1, 0.15) is 6.04 Å². The first-order valence-corrected chi connectivity index (χ1v) is 6.56. The number of ether oxygens (including phenoxy) is 1. The molecule has 2 N–H and O–H groups in total. The molecule has 21 heavy (non-hydrogen) atoms. The lowest BCUT2D eigenvalue weighted by molar-refractivity contribution is -0.124. The minimum absolute atomic E-state index is 0. The first-order chi connectivity index (χ1) is 9.06. The Morgan fingerprint density at radius 2 is 2.00 bits per heavy atom. The fourth-order valence-electron chi connectivity index (χ4n) is 1.87. The zero-order valence-corrected chi connectivity index (χ0v) is 14.6. The predicted octanol–water partition coefficient (Wildman–Crippen LogP) is 1.26. The largest absolute Gasteiger partial charge is 0.383 e. The molecular formula is C13H26Cl2N4O2. The number of amides is 1. The van der Waals surface area contributed by atoms with E-state index in [2.05, 4.69) is 15.7 Å². The second-order valence-electron chi connectivity index (χ2n) is 4.58. The second-order valence-corrected chi connectivity index (χ2v) is 4.58. The van der Waals surface area contributed by atoms with Gasteiger partial charge in [0.25, 0.3) is 0 Å². The van der Waals surface area contributed by atoms with Gasteiger partial charge in [0.2, 0.25) is 5.91 Å². The van der Waals surface area contributed by atoms with Crippen LogP contribution in [0.5, 0.6) is 0 Å². The number of carbonyl (C=O) groups excluding carboxylic acids is 1. The quantitative estimate of drug-likeness (QED) is 0.699. The summed E-state index contributed by atoms with van der Waals surface area (Å²) in [5, 5.41) is 10.4. The number of nitrogens with one attached hydrogen (secondary N) is 2. The van der Waals surface area contributed by atoms with Crippen molar-refractivity contribution in [2.45, 2.75) is 26.8 Å². The van der Waals surface area contributed by atoms with E-state index in [1.807, 2.05) is 26.8 Å². The van der Waals surface area contributed by atoms with Gasteiger partial charge in [-0.1, -0.05) is 0 Å². The summed E-state index contributed by atoms with van der Waals surface area (Å²) >= 11 is 0. The fraction of sp³-hybridized carbons (Fsp3) is 0.692. The molecule has 1 atom stereocenters. The molecule has 8 heteroatoms. The number of hydrogen-bond donors (Lipinski definition) is 2. The number of aryl methyl sites for hydroxylation is 2. The number of carbonyl (C=O) groups is 1. The zero-order valence-electron chi connectivity index (χ0n) is 13.0. The average molecular weight is 341 g/mol. The topological polar surface area (TPSA) is 68.2 Å². The van der Waals surface area contributed by atoms with Gasteiger partial charge in [-0.15, -0.1) is 24.8 Å². The highest BCUT2D eigenvalue weighted by molar-refractivity contribution is 5.85. The van der Waals surface area contributed by atoms with Crippen LogP contribution in [0.3, 0.4) is 0 Å². The lowest BCUT2D eigenvalue weighted by atomic mass is 10.3. The van der Waals surface area contributed by atoms with Gasteiger partial charge < -0.3 is 15.4 Å². The number of halogens is 2. The Balaban J connectivity index is 0. The van der Waals surface area contributed by atoms with Crippen molar-refractivity contribution in [3.05, 3.63) is 17.5 Å². The van der Waals surface area contributed by atoms with Crippen LogP contribution >= 0.6 is 24.8 Å². The minimum Gasteiger partial charge on any atom is -0.383 e. The van der Waals surface area contributed by atoms with Crippen LogP contribution in [0.4, 0.5) is 0 Å². The molecule has 1 unspecified atom stereocenters. The molecule has 0 radical (unpaired) electrons. The van der Waals surface area contributed by atoms with E-state index in [0.29, 0.717) is 13.2 Å². The third-order valence-corrected chi connectivity index (χ3v) is 2.87. The lowest BCUT2D eigenvalue weighted by Crippen LogP contribution is -2.37. The van der Waals surface area contributed by atoms with Gasteiger partial charge in [-0.05, 0) is 26.8 Å². The van der Waals surface area contributed by atoms with Crippen LogP contribution in [0.2, 0.25) is 0 Å². The van der Waals surface area contributed by atoms with Gasteiger partial charge in [0.05, 0.1) is 12.3 Å². The predicted molar refractivity (Wildman–Crippen MR) is 88.7 cm³/mol. The minimum atomic E-state index is -0.285. The zero-order chi connectivity index (χ0) is 14.3. The smallest absolute Gasteiger partial charge is 0.244 e. The summed E-state index contributed by atoms with van der Waals surface area (Å²) in [5.41, 5.74) is 1.93. The average Bonchev–Trinajstić information content (AvgIpc) is 2.71. The first kappa shape index (κ1) is 22.5. The van der Waals surface area contributed by atoms with Gasteiger partial charge >= 0.3 is 0 Å². The second kappa shape index (κ2) is 11.8. The van der Waals surface area contributed by atoms with Gasteiger partial charge in [-0.3, -0.25) is 9.48 Å². The summed E-state index contributed by atoms with van der Waals surface area (Å²) in [7, 11) is 1.67. The van der Waals surface area contributed by atoms with Crippen molar-refractivity contribution in [1.82, 2.24) is 20.4 Å². The molecule has 0 aliphatic rings. The van der Waals surface area contributed by atoms with Crippen molar-refractivity contribution in [1.29, 1.82) is 0 Å². The maximum Gasteiger partial charge on any atom is 0.244 e. The molecule has 0 aliphatic heterocycles. The number of methoxy groups -OCH3 is 1. The molecule has 0 bridgehead atoms. The summed E-state index contributed by atoms with van der Waals surface area (Å²) in [6.07, 6.45) is 0. The molecule has 1 aromatic rings. The van der Waals surface area contributed by atoms with Gasteiger partial charge in [-0.25, -0.2) is 0 Å². The number of rotatable bonds is 8. The van der Waals surface area contributed by atoms with E-state index < -0.39 is 0 Å². The Hall–Kier alpha value is -0.820. The third kappa shape index (κ3) is 7.66. The van der Waals surface area contributed by atoms with Crippen LogP contribution in [0.15, 0.2) is 6.07 Å². The summed E-state index contributed by atoms with van der Waals surface area (Å²) in [5.74, 6) is -0.0141. The Morgan fingerprint density at radius 3 is 2.52 bits per heavy atom. The van der Waals surface area contributed by atoms with Crippen molar-refractivity contribution >= 4 is 30.7 Å². The monoisotopic (exact) mass is 340 g/mol. The Bertz CT molecular complexity index is 413. The van der Waals surface area contributed by atoms with Crippen molar-refractivity contribution in [2.24, 2.45) is 0 Å². The SMILES string of the molecule is COCCNCCNC(=O)C(C)n1nc(C)cc1C.Cl.Cl. The van der Waals surface area contributed by atoms with Gasteiger partial charge in [0.15, 0.2) is 0 Å². The Morgan fingerprint density at radius 1 is 1.33 bits per heavy atom. The lowest BCUT2D eigenvalue weighted by Gasteiger charge is -2.14. The molecule has 0 spiro atoms. The van der Waals surface area contributed by atoms with E-state index >= 15 is 0 Å². The molecular weight excluding hydrogens is 315 g/mol. The van der Waals surface area contributed by atoms with Crippen LogP contribution in [-0.2, 0) is 9.53 Å². The van der Waals surface area contributed by atoms with E-state index in [0.717, 1.165) is 24.5 Å². The van der Waals surface area contributed by atoms with E-state index in [1.165, 1.54) is 0 Å². The van der Waals surface area contributed by atoms with E-state index in [-0.39, 0.29) is 36.8 Å². The van der Waals surface area contributed by atoms with Crippen molar-refractivity contribution in [3.8, 4) is 0 Å². The summed E-state index contributed by atoms with van der Waals surface area (Å²) in [6, 6.07) is 1.68. The molecule has 1 aromatic heterocycles. The van der Waals surface area contributed by atoms with Crippen molar-refractivity contribution < 1.29 is 9.53 Å². The molecule has 1 heterocycles. The fourth-order valence-corrected chi connectivity index (χ4v) is 1.87. The molecule has 6 nitrogen and oxygen atoms in total. The van der Waals surface area contributed by atoms with Gasteiger partial charge in [0, 0.05) is 32.4 Å². The maximum atomic E-state index is 12.0. The molecule has 0 fully saturated rings. The molecule has 1 rings (SSSR count). The van der Waals surface area contributed by atoms with Gasteiger partial charge in [-0.2, -0.15) is 5.10 Å². The number of hydrogen-bond acceptors (Lipinski definition) is 4. The molecule has 0 saturated heterocycles. The standard InChI is InChI=1S/C13H24N4O2.2ClH/c1-10-9-11(2)17(16-10)12(3)13(18)15-6-5-14-7-8-19-4;;/h9,12,14H,5-8H2,1-4H3,(H,15,18);2*1H. The first-order valence-electron chi connectivity index (χ1n) is 6.56. The number of aromatic nitrogens is 2. The normalized spacial score (nSPS) is 11.2. The maximum absolute atomic E-state index is 12.0. The van der Waals surface area contributed by atoms with Crippen LogP contribution in [0.1, 0.15) is 24.4 Å². The highest BCUT2D eigenvalue weighted by Gasteiger charge is 2.16. The van der Waals surface area contributed by atoms with E-state index in [4.69, 9.17) is 4.74 Å². The van der Waals surface area contributed by atoms with Crippen LogP contribution in [0.25, 0.3) is 0 Å². The van der Waals surface area contributed by atoms with Crippen LogP contribution in [-0.4, -0.2) is 49.0 Å². The van der Waals surface area contributed by atoms with Crippen molar-refractivity contribution in [2.75, 3.05) is 33.4 Å². The molecule has 0 saturated carbocycles. The molecule has 0 aliphatic carbocycles. The van der Waals surface area contributed by atoms with E-state index in [9.17, 15) is 4.79 Å². The van der Waals surface area contributed by atoms with Crippen LogP contribution < -0.4 is 10.6 Å². The number of nitrogens with zero attached hydrogens (tertiary/aromatic N) is 2. The summed E-state index contributed by atoms with van der Waals surface area (Å²) in [4.78, 5) is 12.0. The van der Waals surface area contributed by atoms with Crippen molar-refractivity contribution in [3.63, 3.8) is 0 Å².